The molecule has 0 aliphatic rings. The molecule has 20 heavy (non-hydrogen) atoms. The van der Waals surface area contributed by atoms with E-state index in [1.54, 1.807) is 4.72 Å². The maximum Gasteiger partial charge on any atom is 0.415 e. The van der Waals surface area contributed by atoms with Crippen molar-refractivity contribution < 1.29 is 26.7 Å². The molecular formula is C11H11F3N2O3S. The van der Waals surface area contributed by atoms with Crippen molar-refractivity contribution in [3.63, 3.8) is 0 Å². The molecule has 0 aliphatic carbocycles. The van der Waals surface area contributed by atoms with Gasteiger partial charge in [-0.3, -0.25) is 0 Å². The van der Waals surface area contributed by atoms with Gasteiger partial charge in [0.15, 0.2) is 6.10 Å². The fraction of sp³-hybridized carbons (Fsp3) is 0.364. The molecule has 1 rings (SSSR count). The van der Waals surface area contributed by atoms with Gasteiger partial charge in [-0.05, 0) is 17.7 Å². The predicted molar refractivity (Wildman–Crippen MR) is 63.8 cm³/mol. The predicted octanol–water partition coefficient (Wildman–Crippen LogP) is 0.901. The Hall–Kier alpha value is -1.63. The van der Waals surface area contributed by atoms with Crippen LogP contribution in [0.25, 0.3) is 0 Å². The molecule has 110 valence electrons. The van der Waals surface area contributed by atoms with Crippen LogP contribution in [0.2, 0.25) is 0 Å². The largest absolute Gasteiger partial charge is 0.415 e. The molecule has 0 radical (unpaired) electrons. The summed E-state index contributed by atoms with van der Waals surface area (Å²) in [5, 5.41) is 17.4. The van der Waals surface area contributed by atoms with E-state index in [0.29, 0.717) is 0 Å². The zero-order valence-corrected chi connectivity index (χ0v) is 10.9. The summed E-state index contributed by atoms with van der Waals surface area (Å²) in [5.41, 5.74) is 0.506. The van der Waals surface area contributed by atoms with Gasteiger partial charge in [-0.2, -0.15) is 18.4 Å². The number of aliphatic hydroxyl groups excluding tert-OH is 1. The first-order valence-corrected chi connectivity index (χ1v) is 7.00. The van der Waals surface area contributed by atoms with Crippen LogP contribution in [-0.4, -0.2) is 32.3 Å². The highest BCUT2D eigenvalue weighted by Crippen LogP contribution is 2.19. The number of aliphatic hydroxyl groups is 1. The van der Waals surface area contributed by atoms with E-state index in [9.17, 15) is 21.6 Å². The molecule has 0 heterocycles. The number of halogens is 3. The summed E-state index contributed by atoms with van der Waals surface area (Å²) in [6.07, 6.45) is -7.65. The van der Waals surface area contributed by atoms with Gasteiger partial charge in [0.1, 0.15) is 0 Å². The molecule has 5 nitrogen and oxygen atoms in total. The van der Waals surface area contributed by atoms with E-state index < -0.39 is 34.6 Å². The quantitative estimate of drug-likeness (QED) is 0.845. The van der Waals surface area contributed by atoms with Gasteiger partial charge in [-0.25, -0.2) is 13.1 Å². The lowest BCUT2D eigenvalue weighted by Gasteiger charge is -2.15. The van der Waals surface area contributed by atoms with E-state index in [2.05, 4.69) is 0 Å². The zero-order valence-electron chi connectivity index (χ0n) is 10.1. The number of sulfonamides is 1. The van der Waals surface area contributed by atoms with Crippen LogP contribution in [-0.2, 0) is 15.8 Å². The van der Waals surface area contributed by atoms with Crippen LogP contribution < -0.4 is 4.72 Å². The number of nitrogens with zero attached hydrogens (tertiary/aromatic N) is 1. The third kappa shape index (κ3) is 5.16. The Morgan fingerprint density at radius 1 is 1.40 bits per heavy atom. The van der Waals surface area contributed by atoms with Crippen LogP contribution in [0.15, 0.2) is 24.3 Å². The third-order valence-electron chi connectivity index (χ3n) is 2.29. The molecule has 0 bridgehead atoms. The molecule has 1 unspecified atom stereocenters. The molecular weight excluding hydrogens is 297 g/mol. The lowest BCUT2D eigenvalue weighted by Crippen LogP contribution is -2.41. The SMILES string of the molecule is N#Cc1cccc(CS(=O)(=O)NCC(O)C(F)(F)F)c1. The summed E-state index contributed by atoms with van der Waals surface area (Å²) in [6, 6.07) is 7.50. The van der Waals surface area contributed by atoms with Crippen molar-refractivity contribution in [2.75, 3.05) is 6.54 Å². The molecule has 0 aliphatic heterocycles. The van der Waals surface area contributed by atoms with Gasteiger partial charge >= 0.3 is 6.18 Å². The molecule has 0 aromatic heterocycles. The first-order chi connectivity index (χ1) is 9.14. The fourth-order valence-electron chi connectivity index (χ4n) is 1.32. The Morgan fingerprint density at radius 3 is 2.60 bits per heavy atom. The Labute approximate surface area is 113 Å². The standard InChI is InChI=1S/C11H11F3N2O3S/c12-11(13,14)10(17)6-16-20(18,19)7-9-3-1-2-8(4-9)5-15/h1-4,10,16-17H,6-7H2. The minimum Gasteiger partial charge on any atom is -0.382 e. The summed E-state index contributed by atoms with van der Waals surface area (Å²) in [5.74, 6) is -0.576. The van der Waals surface area contributed by atoms with E-state index in [0.717, 1.165) is 0 Å². The Balaban J connectivity index is 2.69. The van der Waals surface area contributed by atoms with Gasteiger partial charge in [0.05, 0.1) is 17.4 Å². The Kier molecular flexibility index (Phi) is 5.10. The molecule has 1 aromatic carbocycles. The Morgan fingerprint density at radius 2 is 2.05 bits per heavy atom. The van der Waals surface area contributed by atoms with Gasteiger partial charge in [0, 0.05) is 6.54 Å². The summed E-state index contributed by atoms with van der Waals surface area (Å²) >= 11 is 0. The minimum atomic E-state index is -4.89. The van der Waals surface area contributed by atoms with Gasteiger partial charge < -0.3 is 5.11 Å². The van der Waals surface area contributed by atoms with E-state index >= 15 is 0 Å². The van der Waals surface area contributed by atoms with Crippen molar-refractivity contribution in [3.8, 4) is 6.07 Å². The molecule has 1 atom stereocenters. The summed E-state index contributed by atoms with van der Waals surface area (Å²) in [7, 11) is -4.03. The lowest BCUT2D eigenvalue weighted by molar-refractivity contribution is -0.200. The fourth-order valence-corrected chi connectivity index (χ4v) is 2.45. The zero-order chi connectivity index (χ0) is 15.4. The number of hydrogen-bond acceptors (Lipinski definition) is 4. The molecule has 9 heteroatoms. The number of nitriles is 1. The maximum absolute atomic E-state index is 12.0. The maximum atomic E-state index is 12.0. The summed E-state index contributed by atoms with van der Waals surface area (Å²) in [4.78, 5) is 0. The summed E-state index contributed by atoms with van der Waals surface area (Å²) < 4.78 is 60.9. The van der Waals surface area contributed by atoms with Gasteiger partial charge in [0.25, 0.3) is 0 Å². The molecule has 0 spiro atoms. The van der Waals surface area contributed by atoms with E-state index in [4.69, 9.17) is 10.4 Å². The lowest BCUT2D eigenvalue weighted by atomic mass is 10.2. The second kappa shape index (κ2) is 6.21. The van der Waals surface area contributed by atoms with E-state index in [1.807, 2.05) is 6.07 Å². The number of alkyl halides is 3. The van der Waals surface area contributed by atoms with Crippen LogP contribution in [0.5, 0.6) is 0 Å². The molecule has 0 saturated carbocycles. The van der Waals surface area contributed by atoms with Crippen molar-refractivity contribution in [3.05, 3.63) is 35.4 Å². The third-order valence-corrected chi connectivity index (χ3v) is 3.61. The van der Waals surface area contributed by atoms with Gasteiger partial charge in [0.2, 0.25) is 10.0 Å². The normalized spacial score (nSPS) is 13.8. The van der Waals surface area contributed by atoms with E-state index in [1.165, 1.54) is 24.3 Å². The van der Waals surface area contributed by atoms with Crippen LogP contribution >= 0.6 is 0 Å². The monoisotopic (exact) mass is 308 g/mol. The number of hydrogen-bond donors (Lipinski definition) is 2. The van der Waals surface area contributed by atoms with Crippen molar-refractivity contribution in [1.82, 2.24) is 4.72 Å². The van der Waals surface area contributed by atoms with Crippen LogP contribution in [0.1, 0.15) is 11.1 Å². The average molecular weight is 308 g/mol. The van der Waals surface area contributed by atoms with Crippen LogP contribution in [0.4, 0.5) is 13.2 Å². The van der Waals surface area contributed by atoms with Crippen LogP contribution in [0, 0.1) is 11.3 Å². The number of nitrogens with one attached hydrogen (secondary N) is 1. The first-order valence-electron chi connectivity index (χ1n) is 5.35. The first kappa shape index (κ1) is 16.4. The number of rotatable bonds is 5. The minimum absolute atomic E-state index is 0.244. The smallest absolute Gasteiger partial charge is 0.382 e. The van der Waals surface area contributed by atoms with Crippen molar-refractivity contribution in [2.24, 2.45) is 0 Å². The average Bonchev–Trinajstić information content (AvgIpc) is 2.34. The highest BCUT2D eigenvalue weighted by atomic mass is 32.2. The second-order valence-electron chi connectivity index (χ2n) is 3.98. The molecule has 2 N–H and O–H groups in total. The molecule has 0 fully saturated rings. The highest BCUT2D eigenvalue weighted by Gasteiger charge is 2.38. The van der Waals surface area contributed by atoms with Crippen LogP contribution in [0.3, 0.4) is 0 Å². The van der Waals surface area contributed by atoms with Gasteiger partial charge in [-0.1, -0.05) is 12.1 Å². The highest BCUT2D eigenvalue weighted by molar-refractivity contribution is 7.88. The molecule has 0 saturated heterocycles. The molecule has 1 aromatic rings. The topological polar surface area (TPSA) is 90.2 Å². The van der Waals surface area contributed by atoms with Gasteiger partial charge in [-0.15, -0.1) is 0 Å². The Bertz CT molecular complexity index is 608. The van der Waals surface area contributed by atoms with Crippen molar-refractivity contribution in [1.29, 1.82) is 5.26 Å². The van der Waals surface area contributed by atoms with Crippen molar-refractivity contribution >= 4 is 10.0 Å². The number of benzene rings is 1. The van der Waals surface area contributed by atoms with Crippen molar-refractivity contribution in [2.45, 2.75) is 18.0 Å². The molecule has 0 amide bonds. The van der Waals surface area contributed by atoms with E-state index in [-0.39, 0.29) is 11.1 Å². The summed E-state index contributed by atoms with van der Waals surface area (Å²) in [6.45, 7) is -1.15. The second-order valence-corrected chi connectivity index (χ2v) is 5.78.